The summed E-state index contributed by atoms with van der Waals surface area (Å²) in [5.41, 5.74) is 1.47. The number of halogens is 2. The second kappa shape index (κ2) is 32.1. The molecule has 0 bridgehead atoms. The largest absolute Gasteiger partial charge is 1.00 e. The van der Waals surface area contributed by atoms with Crippen LogP contribution in [0.3, 0.4) is 0 Å². The monoisotopic (exact) mass is 631 g/mol. The molecule has 0 unspecified atom stereocenters. The number of likely N-dealkylation sites (N-methyl/N-ethyl adjacent to an activating group) is 1. The van der Waals surface area contributed by atoms with Crippen LogP contribution >= 0.6 is 0 Å². The molecule has 0 radical (unpaired) electrons. The quantitative estimate of drug-likeness (QED) is 0.0970. The van der Waals surface area contributed by atoms with Gasteiger partial charge in [-0.25, -0.2) is 0 Å². The molecule has 1 aromatic carbocycles. The van der Waals surface area contributed by atoms with Gasteiger partial charge < -0.3 is 33.8 Å². The molecule has 0 atom stereocenters. The summed E-state index contributed by atoms with van der Waals surface area (Å²) in [6, 6.07) is 10.9. The maximum atomic E-state index is 2.39. The van der Waals surface area contributed by atoms with Gasteiger partial charge in [0.2, 0.25) is 0 Å². The summed E-state index contributed by atoms with van der Waals surface area (Å²) in [7, 11) is 4.77. The van der Waals surface area contributed by atoms with Gasteiger partial charge in [-0.2, -0.15) is 0 Å². The maximum Gasteiger partial charge on any atom is 0.0823 e. The van der Waals surface area contributed by atoms with Crippen LogP contribution in [0, 0.1) is 0 Å². The molecule has 0 saturated heterocycles. The van der Waals surface area contributed by atoms with Gasteiger partial charge in [0.1, 0.15) is 0 Å². The Balaban J connectivity index is -0.000000722. The molecule has 0 aliphatic rings. The average molecular weight is 632 g/mol. The highest BCUT2D eigenvalue weighted by Crippen LogP contribution is 2.17. The summed E-state index contributed by atoms with van der Waals surface area (Å²) >= 11 is 0. The van der Waals surface area contributed by atoms with Crippen molar-refractivity contribution < 1.29 is 33.8 Å². The van der Waals surface area contributed by atoms with Crippen molar-refractivity contribution in [3.05, 3.63) is 35.9 Å². The molecule has 1 rings (SSSR count). The second-order valence-electron chi connectivity index (χ2n) is 13.5. The van der Waals surface area contributed by atoms with Gasteiger partial charge in [-0.1, -0.05) is 142 Å². The molecule has 0 saturated carbocycles. The van der Waals surface area contributed by atoms with Gasteiger partial charge in [0.15, 0.2) is 0 Å². The van der Waals surface area contributed by atoms with Crippen LogP contribution in [0.25, 0.3) is 0 Å². The van der Waals surface area contributed by atoms with E-state index in [0.717, 1.165) is 4.48 Å². The van der Waals surface area contributed by atoms with E-state index in [9.17, 15) is 0 Å². The lowest BCUT2D eigenvalue weighted by molar-refractivity contribution is -0.929. The number of quaternary nitrogens is 2. The number of hydrogen-bond donors (Lipinski definition) is 0. The molecule has 0 aliphatic carbocycles. The van der Waals surface area contributed by atoms with Crippen LogP contribution in [0.1, 0.15) is 156 Å². The van der Waals surface area contributed by atoms with Crippen LogP contribution in [0.15, 0.2) is 30.3 Å². The molecule has 0 fully saturated rings. The highest BCUT2D eigenvalue weighted by Gasteiger charge is 2.24. The van der Waals surface area contributed by atoms with Gasteiger partial charge in [0.25, 0.3) is 0 Å². The highest BCUT2D eigenvalue weighted by atomic mass is 35.5. The molecule has 2 nitrogen and oxygen atoms in total. The zero-order valence-electron chi connectivity index (χ0n) is 29.7. The van der Waals surface area contributed by atoms with E-state index in [1.807, 2.05) is 0 Å². The first-order valence-corrected chi connectivity index (χ1v) is 18.1. The Morgan fingerprint density at radius 2 is 0.762 bits per heavy atom. The fraction of sp³-hybridized carbons (Fsp3) is 0.842. The summed E-state index contributed by atoms with van der Waals surface area (Å²) in [4.78, 5) is 0. The van der Waals surface area contributed by atoms with E-state index in [-0.39, 0.29) is 24.8 Å². The Morgan fingerprint density at radius 3 is 1.14 bits per heavy atom. The van der Waals surface area contributed by atoms with E-state index < -0.39 is 0 Å². The third-order valence-corrected chi connectivity index (χ3v) is 8.91. The van der Waals surface area contributed by atoms with Gasteiger partial charge in [-0.15, -0.1) is 0 Å². The Labute approximate surface area is 278 Å². The number of unbranched alkanes of at least 4 members (excludes halogenated alkanes) is 13. The summed E-state index contributed by atoms with van der Waals surface area (Å²) in [5, 5.41) is 0. The van der Waals surface area contributed by atoms with Crippen molar-refractivity contribution >= 4 is 0 Å². The van der Waals surface area contributed by atoms with Gasteiger partial charge >= 0.3 is 0 Å². The molecule has 252 valence electrons. The zero-order valence-corrected chi connectivity index (χ0v) is 31.2. The maximum absolute atomic E-state index is 2.39. The van der Waals surface area contributed by atoms with E-state index in [2.05, 4.69) is 79.0 Å². The fourth-order valence-electron chi connectivity index (χ4n) is 5.86. The second-order valence-corrected chi connectivity index (χ2v) is 13.5. The third-order valence-electron chi connectivity index (χ3n) is 8.91. The summed E-state index contributed by atoms with van der Waals surface area (Å²) in [6.07, 6.45) is 26.6. The molecule has 0 spiro atoms. The molecular formula is C38H76Cl2N2. The molecule has 4 heteroatoms. The van der Waals surface area contributed by atoms with Gasteiger partial charge in [-0.3, -0.25) is 0 Å². The van der Waals surface area contributed by atoms with E-state index >= 15 is 0 Å². The lowest BCUT2D eigenvalue weighted by atomic mass is 10.1. The van der Waals surface area contributed by atoms with E-state index in [1.165, 1.54) is 171 Å². The third kappa shape index (κ3) is 27.3. The fourth-order valence-corrected chi connectivity index (χ4v) is 5.86. The first kappa shape index (κ1) is 46.1. The molecule has 42 heavy (non-hydrogen) atoms. The minimum atomic E-state index is 0. The van der Waals surface area contributed by atoms with Gasteiger partial charge in [0, 0.05) is 6.42 Å². The van der Waals surface area contributed by atoms with Crippen molar-refractivity contribution in [2.24, 2.45) is 0 Å². The lowest BCUT2D eigenvalue weighted by Crippen LogP contribution is -3.00. The van der Waals surface area contributed by atoms with Gasteiger partial charge in [-0.05, 0) is 44.1 Å². The molecular weight excluding hydrogens is 555 g/mol. The van der Waals surface area contributed by atoms with Crippen LogP contribution < -0.4 is 24.8 Å². The lowest BCUT2D eigenvalue weighted by Gasteiger charge is -2.39. The normalized spacial score (nSPS) is 11.3. The minimum absolute atomic E-state index is 0. The van der Waals surface area contributed by atoms with Crippen molar-refractivity contribution in [3.8, 4) is 0 Å². The van der Waals surface area contributed by atoms with Crippen LogP contribution in [-0.4, -0.2) is 62.3 Å². The standard InChI is InChI=1S/C22H40N.C16H36N.2ClH/c1-4-5-6-7-8-9-10-11-12-16-20-23(2,3)21-19-22-17-14-13-15-18-22;1-5-9-13-17(14-10-6-2,15-11-7-3)16-12-8-4;;/h13-15,17-18H,4-12,16,19-21H2,1-3H3;5-16H2,1-4H3;2*1H/q2*+1;;/p-2. The Hall–Kier alpha value is -0.280. The first-order chi connectivity index (χ1) is 19.4. The van der Waals surface area contributed by atoms with Crippen LogP contribution in [0.4, 0.5) is 0 Å². The minimum Gasteiger partial charge on any atom is -1.00 e. The van der Waals surface area contributed by atoms with E-state index in [4.69, 9.17) is 0 Å². The van der Waals surface area contributed by atoms with Crippen LogP contribution in [0.5, 0.6) is 0 Å². The van der Waals surface area contributed by atoms with Crippen molar-refractivity contribution in [1.82, 2.24) is 0 Å². The molecule has 0 heterocycles. The number of rotatable bonds is 26. The number of hydrogen-bond acceptors (Lipinski definition) is 0. The predicted molar refractivity (Wildman–Crippen MR) is 183 cm³/mol. The zero-order chi connectivity index (χ0) is 29.8. The molecule has 0 amide bonds. The van der Waals surface area contributed by atoms with Crippen molar-refractivity contribution in [1.29, 1.82) is 0 Å². The van der Waals surface area contributed by atoms with E-state index in [0.29, 0.717) is 0 Å². The summed E-state index contributed by atoms with van der Waals surface area (Å²) in [5.74, 6) is 0. The average Bonchev–Trinajstić information content (AvgIpc) is 2.97. The number of benzene rings is 1. The summed E-state index contributed by atoms with van der Waals surface area (Å²) in [6.45, 7) is 19.9. The molecule has 0 aromatic heterocycles. The van der Waals surface area contributed by atoms with Crippen molar-refractivity contribution in [2.45, 2.75) is 157 Å². The topological polar surface area (TPSA) is 0 Å². The molecule has 0 N–H and O–H groups in total. The van der Waals surface area contributed by atoms with Crippen molar-refractivity contribution in [3.63, 3.8) is 0 Å². The predicted octanol–water partition coefficient (Wildman–Crippen LogP) is 5.24. The summed E-state index contributed by atoms with van der Waals surface area (Å²) < 4.78 is 2.58. The SMILES string of the molecule is CCCCCCCCCCCC[N+](C)(C)CCc1ccccc1.CCCC[N+](CCCC)(CCCC)CCCC.[Cl-].[Cl-]. The number of nitrogens with zero attached hydrogens (tertiary/aromatic N) is 2. The van der Waals surface area contributed by atoms with Crippen LogP contribution in [0.2, 0.25) is 0 Å². The first-order valence-electron chi connectivity index (χ1n) is 18.1. The van der Waals surface area contributed by atoms with Crippen LogP contribution in [-0.2, 0) is 6.42 Å². The highest BCUT2D eigenvalue weighted by molar-refractivity contribution is 5.14. The molecule has 1 aromatic rings. The van der Waals surface area contributed by atoms with Crippen molar-refractivity contribution in [2.75, 3.05) is 53.4 Å². The smallest absolute Gasteiger partial charge is 0.0823 e. The Morgan fingerprint density at radius 1 is 0.405 bits per heavy atom. The molecule has 0 aliphatic heterocycles. The van der Waals surface area contributed by atoms with E-state index in [1.54, 1.807) is 0 Å². The Bertz CT molecular complexity index is 598. The van der Waals surface area contributed by atoms with Gasteiger partial charge in [0.05, 0.1) is 53.4 Å². The Kier molecular flexibility index (Phi) is 35.3.